The molecule has 0 radical (unpaired) electrons. The van der Waals surface area contributed by atoms with Crippen LogP contribution in [0.5, 0.6) is 11.5 Å². The highest BCUT2D eigenvalue weighted by molar-refractivity contribution is 7.92. The van der Waals surface area contributed by atoms with Crippen LogP contribution in [0.3, 0.4) is 0 Å². The number of hydrogen-bond acceptors (Lipinski definition) is 6. The van der Waals surface area contributed by atoms with Crippen LogP contribution in [0, 0.1) is 0 Å². The molecule has 0 aliphatic carbocycles. The Morgan fingerprint density at radius 2 is 1.55 bits per heavy atom. The molecule has 0 atom stereocenters. The van der Waals surface area contributed by atoms with Crippen molar-refractivity contribution in [3.63, 3.8) is 0 Å². The van der Waals surface area contributed by atoms with Crippen LogP contribution >= 0.6 is 23.2 Å². The summed E-state index contributed by atoms with van der Waals surface area (Å²) in [5.74, 6) is 0.413. The molecule has 0 spiro atoms. The number of nitrogens with one attached hydrogen (secondary N) is 3. The first-order valence-corrected chi connectivity index (χ1v) is 14.4. The van der Waals surface area contributed by atoms with Crippen LogP contribution < -0.4 is 24.8 Å². The van der Waals surface area contributed by atoms with Crippen molar-refractivity contribution in [2.45, 2.75) is 4.90 Å². The molecule has 0 saturated heterocycles. The number of carbonyl (C=O) groups is 1. The van der Waals surface area contributed by atoms with Crippen LogP contribution in [0.1, 0.15) is 10.4 Å². The number of ether oxygens (including phenoxy) is 2. The molecule has 0 saturated carbocycles. The lowest BCUT2D eigenvalue weighted by atomic mass is 10.1. The second-order valence-corrected chi connectivity index (χ2v) is 11.1. The average molecular weight is 601 g/mol. The number of benzene rings is 4. The zero-order valence-electron chi connectivity index (χ0n) is 21.7. The van der Waals surface area contributed by atoms with Gasteiger partial charge in [-0.1, -0.05) is 47.5 Å². The third-order valence-corrected chi connectivity index (χ3v) is 7.87. The van der Waals surface area contributed by atoms with Gasteiger partial charge in [-0.15, -0.1) is 0 Å². The SMILES string of the molecule is COc1ccccc1C(=O)NCCNc1cccc(NS(=O)(=O)c2cc(-c3cc(Cl)ccc3Cl)ccc2OC)c1. The molecule has 0 aromatic heterocycles. The maximum absolute atomic E-state index is 13.4. The Labute approximate surface area is 243 Å². The molecule has 0 unspecified atom stereocenters. The molecule has 0 aliphatic rings. The van der Waals surface area contributed by atoms with Crippen LogP contribution in [-0.4, -0.2) is 41.6 Å². The zero-order chi connectivity index (χ0) is 28.7. The minimum atomic E-state index is -4.05. The number of anilines is 2. The third kappa shape index (κ3) is 6.98. The first kappa shape index (κ1) is 29.1. The number of sulfonamides is 1. The summed E-state index contributed by atoms with van der Waals surface area (Å²) in [4.78, 5) is 12.4. The Morgan fingerprint density at radius 3 is 2.33 bits per heavy atom. The van der Waals surface area contributed by atoms with Crippen molar-refractivity contribution in [3.05, 3.63) is 101 Å². The number of methoxy groups -OCH3 is 2. The molecule has 4 aromatic rings. The van der Waals surface area contributed by atoms with E-state index in [4.69, 9.17) is 32.7 Å². The summed E-state index contributed by atoms with van der Waals surface area (Å²) in [6.07, 6.45) is 0. The van der Waals surface area contributed by atoms with Gasteiger partial charge in [0.05, 0.1) is 25.5 Å². The number of carbonyl (C=O) groups excluding carboxylic acids is 1. The quantitative estimate of drug-likeness (QED) is 0.174. The highest BCUT2D eigenvalue weighted by atomic mass is 35.5. The van der Waals surface area contributed by atoms with Crippen molar-refractivity contribution in [2.24, 2.45) is 0 Å². The van der Waals surface area contributed by atoms with Gasteiger partial charge in [0, 0.05) is 34.4 Å². The molecule has 0 aliphatic heterocycles. The monoisotopic (exact) mass is 599 g/mol. The lowest BCUT2D eigenvalue weighted by Crippen LogP contribution is -2.29. The van der Waals surface area contributed by atoms with Gasteiger partial charge < -0.3 is 20.1 Å². The van der Waals surface area contributed by atoms with Crippen molar-refractivity contribution >= 4 is 50.5 Å². The van der Waals surface area contributed by atoms with Gasteiger partial charge in [0.2, 0.25) is 0 Å². The number of rotatable bonds is 11. The minimum Gasteiger partial charge on any atom is -0.496 e. The molecule has 11 heteroatoms. The smallest absolute Gasteiger partial charge is 0.265 e. The molecule has 3 N–H and O–H groups in total. The summed E-state index contributed by atoms with van der Waals surface area (Å²) in [7, 11) is -1.14. The van der Waals surface area contributed by atoms with Crippen LogP contribution in [0.2, 0.25) is 10.0 Å². The number of hydrogen-bond donors (Lipinski definition) is 3. The van der Waals surface area contributed by atoms with Crippen molar-refractivity contribution in [1.29, 1.82) is 0 Å². The zero-order valence-corrected chi connectivity index (χ0v) is 24.0. The molecular weight excluding hydrogens is 573 g/mol. The molecule has 40 heavy (non-hydrogen) atoms. The highest BCUT2D eigenvalue weighted by Gasteiger charge is 2.22. The summed E-state index contributed by atoms with van der Waals surface area (Å²) in [6.45, 7) is 0.746. The molecule has 4 rings (SSSR count). The largest absolute Gasteiger partial charge is 0.496 e. The lowest BCUT2D eigenvalue weighted by Gasteiger charge is -2.15. The molecule has 0 bridgehead atoms. The van der Waals surface area contributed by atoms with E-state index in [-0.39, 0.29) is 16.6 Å². The second-order valence-electron chi connectivity index (χ2n) is 8.56. The summed E-state index contributed by atoms with van der Waals surface area (Å²) in [6, 6.07) is 23.5. The maximum Gasteiger partial charge on any atom is 0.265 e. The van der Waals surface area contributed by atoms with E-state index in [9.17, 15) is 13.2 Å². The fraction of sp³-hybridized carbons (Fsp3) is 0.138. The summed E-state index contributed by atoms with van der Waals surface area (Å²) < 4.78 is 40.0. The summed E-state index contributed by atoms with van der Waals surface area (Å²) in [5.41, 5.74) is 2.62. The van der Waals surface area contributed by atoms with Gasteiger partial charge in [0.25, 0.3) is 15.9 Å². The topological polar surface area (TPSA) is 106 Å². The van der Waals surface area contributed by atoms with Gasteiger partial charge in [0.1, 0.15) is 16.4 Å². The number of amides is 1. The van der Waals surface area contributed by atoms with E-state index in [2.05, 4.69) is 15.4 Å². The first-order chi connectivity index (χ1) is 19.2. The first-order valence-electron chi connectivity index (χ1n) is 12.1. The molecule has 0 fully saturated rings. The van der Waals surface area contributed by atoms with Crippen LogP contribution in [0.25, 0.3) is 11.1 Å². The predicted molar refractivity (Wildman–Crippen MR) is 160 cm³/mol. The summed E-state index contributed by atoms with van der Waals surface area (Å²) in [5, 5.41) is 6.92. The Balaban J connectivity index is 1.45. The Morgan fingerprint density at radius 1 is 0.800 bits per heavy atom. The van der Waals surface area contributed by atoms with Gasteiger partial charge in [-0.3, -0.25) is 9.52 Å². The molecule has 4 aromatic carbocycles. The van der Waals surface area contributed by atoms with Crippen LogP contribution in [0.4, 0.5) is 11.4 Å². The van der Waals surface area contributed by atoms with E-state index < -0.39 is 10.0 Å². The van der Waals surface area contributed by atoms with E-state index in [1.807, 2.05) is 0 Å². The molecule has 208 valence electrons. The molecule has 0 heterocycles. The lowest BCUT2D eigenvalue weighted by molar-refractivity contribution is 0.0952. The standard InChI is InChI=1S/C29H27Cl2N3O5S/c1-38-26-9-4-3-8-23(26)29(35)33-15-14-32-21-6-5-7-22(18-21)34-40(36,37)28-16-19(10-13-27(28)39-2)24-17-20(30)11-12-25(24)31/h3-13,16-18,32,34H,14-15H2,1-2H3,(H,33,35). The van der Waals surface area contributed by atoms with Crippen LogP contribution in [-0.2, 0) is 10.0 Å². The van der Waals surface area contributed by atoms with E-state index >= 15 is 0 Å². The van der Waals surface area contributed by atoms with Gasteiger partial charge >= 0.3 is 0 Å². The Kier molecular flexibility index (Phi) is 9.42. The van der Waals surface area contributed by atoms with Crippen molar-refractivity contribution in [2.75, 3.05) is 37.3 Å². The molecular formula is C29H27Cl2N3O5S. The fourth-order valence-corrected chi connectivity index (χ4v) is 5.63. The third-order valence-electron chi connectivity index (χ3n) is 5.90. The van der Waals surface area contributed by atoms with Gasteiger partial charge in [-0.05, 0) is 66.2 Å². The highest BCUT2D eigenvalue weighted by Crippen LogP contribution is 2.35. The van der Waals surface area contributed by atoms with Gasteiger partial charge in [-0.25, -0.2) is 8.42 Å². The second kappa shape index (κ2) is 13.0. The number of halogens is 2. The number of para-hydroxylation sites is 1. The normalized spacial score (nSPS) is 11.0. The van der Waals surface area contributed by atoms with Crippen molar-refractivity contribution in [3.8, 4) is 22.6 Å². The Bertz CT molecular complexity index is 1630. The van der Waals surface area contributed by atoms with E-state index in [1.165, 1.54) is 20.3 Å². The van der Waals surface area contributed by atoms with E-state index in [0.29, 0.717) is 56.9 Å². The maximum atomic E-state index is 13.4. The van der Waals surface area contributed by atoms with E-state index in [1.54, 1.807) is 78.9 Å². The van der Waals surface area contributed by atoms with Crippen molar-refractivity contribution in [1.82, 2.24) is 5.32 Å². The molecule has 1 amide bonds. The molecule has 8 nitrogen and oxygen atoms in total. The van der Waals surface area contributed by atoms with Gasteiger partial charge in [0.15, 0.2) is 0 Å². The fourth-order valence-electron chi connectivity index (χ4n) is 3.99. The predicted octanol–water partition coefficient (Wildman–Crippen LogP) is 6.32. The van der Waals surface area contributed by atoms with Gasteiger partial charge in [-0.2, -0.15) is 0 Å². The Hall–Kier alpha value is -3.92. The van der Waals surface area contributed by atoms with Crippen molar-refractivity contribution < 1.29 is 22.7 Å². The average Bonchev–Trinajstić information content (AvgIpc) is 2.96. The minimum absolute atomic E-state index is 0.0547. The van der Waals surface area contributed by atoms with E-state index in [0.717, 1.165) is 0 Å². The summed E-state index contributed by atoms with van der Waals surface area (Å²) >= 11 is 12.5. The van der Waals surface area contributed by atoms with Crippen LogP contribution in [0.15, 0.2) is 89.8 Å².